The van der Waals surface area contributed by atoms with E-state index in [9.17, 15) is 0 Å². The van der Waals surface area contributed by atoms with Crippen molar-refractivity contribution < 1.29 is 4.70 Å². The summed E-state index contributed by atoms with van der Waals surface area (Å²) >= 11 is 0. The van der Waals surface area contributed by atoms with Gasteiger partial charge in [-0.3, -0.25) is 0 Å². The van der Waals surface area contributed by atoms with Crippen LogP contribution in [-0.2, 0) is 0 Å². The first kappa shape index (κ1) is 3.21. The van der Waals surface area contributed by atoms with Crippen molar-refractivity contribution in [3.63, 3.8) is 0 Å². The summed E-state index contributed by atoms with van der Waals surface area (Å²) in [6.45, 7) is 0. The van der Waals surface area contributed by atoms with E-state index in [-0.39, 0.29) is 0 Å². The highest BCUT2D eigenvalue weighted by molar-refractivity contribution is 5.47. The average Bonchev–Trinajstić information content (AvgIpc) is 1.86. The number of aliphatic imine (C=N–C) groups is 1. The van der Waals surface area contributed by atoms with Gasteiger partial charge < -0.3 is 0 Å². The van der Waals surface area contributed by atoms with Crippen LogP contribution >= 0.6 is 0 Å². The van der Waals surface area contributed by atoms with Crippen LogP contribution in [-0.4, -0.2) is 11.0 Å². The number of hydrogen-bond acceptors (Lipinski definition) is 2. The average molecular weight is 82.1 g/mol. The molecular weight excluding hydrogens is 78.1 g/mol. The van der Waals surface area contributed by atoms with Crippen LogP contribution in [0.4, 0.5) is 0 Å². The van der Waals surface area contributed by atoms with Gasteiger partial charge in [-0.2, -0.15) is 0 Å². The molecule has 0 radical (unpaired) electrons. The lowest BCUT2D eigenvalue weighted by atomic mass is 11.0. The van der Waals surface area contributed by atoms with Crippen LogP contribution in [0.5, 0.6) is 0 Å². The quantitative estimate of drug-likeness (QED) is 0.414. The van der Waals surface area contributed by atoms with E-state index < -0.39 is 0 Å². The fourth-order valence-electron chi connectivity index (χ4n) is 0.259. The van der Waals surface area contributed by atoms with E-state index in [1.165, 1.54) is 6.34 Å². The molecule has 1 aliphatic rings. The van der Waals surface area contributed by atoms with Crippen molar-refractivity contribution >= 4 is 6.34 Å². The minimum atomic E-state index is 1.14. The van der Waals surface area contributed by atoms with Gasteiger partial charge in [0.25, 0.3) is 0 Å². The van der Waals surface area contributed by atoms with Crippen molar-refractivity contribution in [2.75, 3.05) is 0 Å². The summed E-state index contributed by atoms with van der Waals surface area (Å²) in [4.78, 5) is 3.60. The lowest BCUT2D eigenvalue weighted by Crippen LogP contribution is -1.85. The summed E-state index contributed by atoms with van der Waals surface area (Å²) in [5.41, 5.74) is 6.73. The predicted molar refractivity (Wildman–Crippen MR) is 20.6 cm³/mol. The summed E-state index contributed by atoms with van der Waals surface area (Å²) in [5.74, 6) is 0. The molecule has 0 unspecified atom stereocenters. The van der Waals surface area contributed by atoms with E-state index in [4.69, 9.17) is 5.53 Å². The third kappa shape index (κ3) is 0.337. The molecule has 0 amide bonds. The molecule has 0 saturated carbocycles. The summed E-state index contributed by atoms with van der Waals surface area (Å²) in [6, 6.07) is 0. The fourth-order valence-corrected chi connectivity index (χ4v) is 0.259. The Morgan fingerprint density at radius 3 is 2.67 bits per heavy atom. The third-order valence-electron chi connectivity index (χ3n) is 0.504. The molecule has 0 aromatic rings. The zero-order valence-corrected chi connectivity index (χ0v) is 3.13. The topological polar surface area (TPSA) is 39.2 Å². The lowest BCUT2D eigenvalue weighted by molar-refractivity contribution is -0.419. The maximum Gasteiger partial charge on any atom is 0.310 e. The molecule has 1 heterocycles. The van der Waals surface area contributed by atoms with Crippen LogP contribution in [0.15, 0.2) is 17.4 Å². The Morgan fingerprint density at radius 1 is 1.67 bits per heavy atom. The van der Waals surface area contributed by atoms with Gasteiger partial charge >= 0.3 is 6.34 Å². The van der Waals surface area contributed by atoms with E-state index in [0.29, 0.717) is 0 Å². The zero-order valence-electron chi connectivity index (χ0n) is 3.13. The Bertz CT molecular complexity index is 108. The molecule has 6 heavy (non-hydrogen) atoms. The fraction of sp³-hybridized carbons (Fsp3) is 0. The van der Waals surface area contributed by atoms with E-state index >= 15 is 0 Å². The van der Waals surface area contributed by atoms with Crippen LogP contribution in [0.2, 0.25) is 0 Å². The molecule has 0 bridgehead atoms. The molecule has 3 heteroatoms. The van der Waals surface area contributed by atoms with Crippen LogP contribution < -0.4 is 0 Å². The normalized spacial score (nSPS) is 17.0. The first-order valence-electron chi connectivity index (χ1n) is 1.59. The van der Waals surface area contributed by atoms with Crippen LogP contribution in [0.3, 0.4) is 0 Å². The van der Waals surface area contributed by atoms with E-state index in [2.05, 4.69) is 4.99 Å². The van der Waals surface area contributed by atoms with Crippen molar-refractivity contribution in [3.8, 4) is 0 Å². The maximum atomic E-state index is 6.73. The molecule has 0 aromatic heterocycles. The summed E-state index contributed by atoms with van der Waals surface area (Å²) in [6.07, 6.45) is 4.53. The predicted octanol–water partition coefficient (Wildman–Crippen LogP) is 0.543. The second-order valence-corrected chi connectivity index (χ2v) is 0.970. The van der Waals surface area contributed by atoms with Crippen molar-refractivity contribution in [2.45, 2.75) is 0 Å². The van der Waals surface area contributed by atoms with Gasteiger partial charge in [-0.05, 0) is 0 Å². The SMILES string of the molecule is N=[N+]1C=CN=C1. The molecule has 0 spiro atoms. The number of nitrogens with zero attached hydrogens (tertiary/aromatic N) is 2. The van der Waals surface area contributed by atoms with Gasteiger partial charge in [0.1, 0.15) is 0 Å². The van der Waals surface area contributed by atoms with Crippen molar-refractivity contribution in [2.24, 2.45) is 4.99 Å². The Balaban J connectivity index is 2.86. The third-order valence-corrected chi connectivity index (χ3v) is 0.504. The molecule has 1 aliphatic heterocycles. The standard InChI is InChI=1S/C3H4N3/c4-6-2-1-5-3-6/h1-4H/q+1. The summed E-state index contributed by atoms with van der Waals surface area (Å²) in [5, 5.41) is 0. The van der Waals surface area contributed by atoms with Gasteiger partial charge in [0, 0.05) is 0 Å². The lowest BCUT2D eigenvalue weighted by Gasteiger charge is -1.63. The van der Waals surface area contributed by atoms with Crippen molar-refractivity contribution in [1.82, 2.24) is 0 Å². The second-order valence-electron chi connectivity index (χ2n) is 0.970. The molecule has 0 fully saturated rings. The summed E-state index contributed by atoms with van der Waals surface area (Å²) in [7, 11) is 0. The number of rotatable bonds is 0. The summed E-state index contributed by atoms with van der Waals surface area (Å²) < 4.78 is 1.14. The first-order valence-corrected chi connectivity index (χ1v) is 1.59. The Hall–Kier alpha value is -0.990. The number of nitrogens with one attached hydrogen (secondary N) is 1. The molecule has 30 valence electrons. The van der Waals surface area contributed by atoms with Crippen LogP contribution in [0, 0.1) is 5.53 Å². The Morgan fingerprint density at radius 2 is 2.50 bits per heavy atom. The smallest absolute Gasteiger partial charge is 0.133 e. The highest BCUT2D eigenvalue weighted by Gasteiger charge is 1.93. The largest absolute Gasteiger partial charge is 0.310 e. The van der Waals surface area contributed by atoms with E-state index in [1.54, 1.807) is 12.4 Å². The monoisotopic (exact) mass is 82.0 g/mol. The maximum absolute atomic E-state index is 6.73. The molecule has 3 nitrogen and oxygen atoms in total. The van der Waals surface area contributed by atoms with Gasteiger partial charge in [0.15, 0.2) is 12.4 Å². The van der Waals surface area contributed by atoms with Crippen LogP contribution in [0.1, 0.15) is 0 Å². The molecule has 1 N–H and O–H groups in total. The van der Waals surface area contributed by atoms with Gasteiger partial charge in [0.2, 0.25) is 0 Å². The van der Waals surface area contributed by atoms with Crippen LogP contribution in [0.25, 0.3) is 0 Å². The minimum absolute atomic E-state index is 1.14. The van der Waals surface area contributed by atoms with Gasteiger partial charge in [-0.25, -0.2) is 0 Å². The van der Waals surface area contributed by atoms with E-state index in [1.807, 2.05) is 0 Å². The molecule has 0 aliphatic carbocycles. The molecule has 0 saturated heterocycles. The Labute approximate surface area is 35.1 Å². The van der Waals surface area contributed by atoms with Crippen molar-refractivity contribution in [3.05, 3.63) is 12.4 Å². The van der Waals surface area contributed by atoms with Gasteiger partial charge in [0.05, 0.1) is 0 Å². The first-order chi connectivity index (χ1) is 2.89. The van der Waals surface area contributed by atoms with E-state index in [0.717, 1.165) is 4.70 Å². The molecule has 1 rings (SSSR count). The number of hydrogen-bond donors (Lipinski definition) is 1. The van der Waals surface area contributed by atoms with Gasteiger partial charge in [-0.1, -0.05) is 4.99 Å². The highest BCUT2D eigenvalue weighted by atomic mass is 15.2. The molecule has 0 atom stereocenters. The Kier molecular flexibility index (Phi) is 0.538. The van der Waals surface area contributed by atoms with Crippen molar-refractivity contribution in [1.29, 1.82) is 5.53 Å². The zero-order chi connectivity index (χ0) is 4.41. The molecule has 0 aromatic carbocycles. The minimum Gasteiger partial charge on any atom is -0.133 e. The second kappa shape index (κ2) is 1.01. The highest BCUT2D eigenvalue weighted by Crippen LogP contribution is 1.82. The van der Waals surface area contributed by atoms with Gasteiger partial charge in [-0.15, -0.1) is 10.2 Å². The molecular formula is C3H4N3+.